The van der Waals surface area contributed by atoms with Gasteiger partial charge in [0.1, 0.15) is 0 Å². The monoisotopic (exact) mass is 214 g/mol. The number of aromatic nitrogens is 2. The van der Waals surface area contributed by atoms with Gasteiger partial charge in [0.25, 0.3) is 5.56 Å². The van der Waals surface area contributed by atoms with Crippen molar-refractivity contribution in [1.82, 2.24) is 9.55 Å². The van der Waals surface area contributed by atoms with Crippen molar-refractivity contribution >= 4 is 0 Å². The van der Waals surface area contributed by atoms with Gasteiger partial charge in [-0.3, -0.25) is 9.78 Å². The van der Waals surface area contributed by atoms with Gasteiger partial charge >= 0.3 is 0 Å². The maximum atomic E-state index is 11.6. The van der Waals surface area contributed by atoms with Gasteiger partial charge in [-0.1, -0.05) is 0 Å². The fraction of sp³-hybridized carbons (Fsp3) is 0.231. The Bertz CT molecular complexity index is 517. The molecule has 82 valence electrons. The van der Waals surface area contributed by atoms with E-state index in [9.17, 15) is 4.79 Å². The molecular weight excluding hydrogens is 200 g/mol. The first-order chi connectivity index (χ1) is 7.75. The molecule has 2 heterocycles. The minimum atomic E-state index is 0.0639. The Labute approximate surface area is 94.4 Å². The van der Waals surface area contributed by atoms with Crippen LogP contribution in [0.5, 0.6) is 0 Å². The zero-order valence-electron chi connectivity index (χ0n) is 9.26. The summed E-state index contributed by atoms with van der Waals surface area (Å²) in [7, 11) is 0. The van der Waals surface area contributed by atoms with Crippen molar-refractivity contribution in [3.8, 4) is 0 Å². The maximum absolute atomic E-state index is 11.6. The number of hydrogen-bond acceptors (Lipinski definition) is 2. The highest BCUT2D eigenvalue weighted by molar-refractivity contribution is 5.11. The summed E-state index contributed by atoms with van der Waals surface area (Å²) in [5.41, 5.74) is 2.27. The van der Waals surface area contributed by atoms with Crippen molar-refractivity contribution in [1.29, 1.82) is 0 Å². The highest BCUT2D eigenvalue weighted by atomic mass is 16.1. The van der Waals surface area contributed by atoms with E-state index in [0.717, 1.165) is 12.0 Å². The fourth-order valence-electron chi connectivity index (χ4n) is 1.59. The highest BCUT2D eigenvalue weighted by Crippen LogP contribution is 1.99. The largest absolute Gasteiger partial charge is 0.315 e. The molecule has 2 rings (SSSR count). The van der Waals surface area contributed by atoms with Crippen molar-refractivity contribution in [3.05, 3.63) is 64.3 Å². The van der Waals surface area contributed by atoms with Crippen LogP contribution >= 0.6 is 0 Å². The predicted octanol–water partition coefficient (Wildman–Crippen LogP) is 1.79. The second kappa shape index (κ2) is 4.75. The summed E-state index contributed by atoms with van der Waals surface area (Å²) >= 11 is 0. The van der Waals surface area contributed by atoms with Crippen LogP contribution in [-0.4, -0.2) is 9.55 Å². The average molecular weight is 214 g/mol. The Kier molecular flexibility index (Phi) is 3.15. The molecule has 0 aromatic carbocycles. The van der Waals surface area contributed by atoms with Crippen LogP contribution in [0.4, 0.5) is 0 Å². The molecule has 0 amide bonds. The number of hydrogen-bond donors (Lipinski definition) is 0. The summed E-state index contributed by atoms with van der Waals surface area (Å²) < 4.78 is 1.73. The SMILES string of the molecule is Cc1ccn(CCc2ccncc2)c(=O)c1. The lowest BCUT2D eigenvalue weighted by Gasteiger charge is -2.05. The Morgan fingerprint density at radius 1 is 1.25 bits per heavy atom. The second-order valence-electron chi connectivity index (χ2n) is 3.84. The van der Waals surface area contributed by atoms with Crippen LogP contribution in [0, 0.1) is 6.92 Å². The molecule has 0 radical (unpaired) electrons. The predicted molar refractivity (Wildman–Crippen MR) is 63.4 cm³/mol. The van der Waals surface area contributed by atoms with E-state index in [1.54, 1.807) is 23.0 Å². The molecule has 3 heteroatoms. The average Bonchev–Trinajstić information content (AvgIpc) is 2.29. The van der Waals surface area contributed by atoms with Crippen LogP contribution in [-0.2, 0) is 13.0 Å². The van der Waals surface area contributed by atoms with E-state index in [1.807, 2.05) is 31.3 Å². The molecule has 0 N–H and O–H groups in total. The molecule has 0 aliphatic rings. The Morgan fingerprint density at radius 3 is 2.69 bits per heavy atom. The van der Waals surface area contributed by atoms with Crippen molar-refractivity contribution in [3.63, 3.8) is 0 Å². The third-order valence-corrected chi connectivity index (χ3v) is 2.54. The molecule has 0 unspecified atom stereocenters. The summed E-state index contributed by atoms with van der Waals surface area (Å²) in [6, 6.07) is 7.55. The highest BCUT2D eigenvalue weighted by Gasteiger charge is 1.97. The first kappa shape index (κ1) is 10.6. The quantitative estimate of drug-likeness (QED) is 0.780. The summed E-state index contributed by atoms with van der Waals surface area (Å²) in [5.74, 6) is 0. The van der Waals surface area contributed by atoms with Gasteiger partial charge in [0.05, 0.1) is 0 Å². The number of pyridine rings is 2. The standard InChI is InChI=1S/C13H14N2O/c1-11-4-8-15(13(16)10-11)9-5-12-2-6-14-7-3-12/h2-4,6-8,10H,5,9H2,1H3. The normalized spacial score (nSPS) is 10.3. The molecule has 2 aromatic rings. The molecule has 0 bridgehead atoms. The second-order valence-corrected chi connectivity index (χ2v) is 3.84. The maximum Gasteiger partial charge on any atom is 0.250 e. The van der Waals surface area contributed by atoms with E-state index < -0.39 is 0 Å². The van der Waals surface area contributed by atoms with E-state index in [4.69, 9.17) is 0 Å². The molecule has 0 saturated heterocycles. The van der Waals surface area contributed by atoms with Crippen molar-refractivity contribution in [2.45, 2.75) is 19.9 Å². The van der Waals surface area contributed by atoms with E-state index in [0.29, 0.717) is 6.54 Å². The van der Waals surface area contributed by atoms with Gasteiger partial charge in [-0.2, -0.15) is 0 Å². The topological polar surface area (TPSA) is 34.9 Å². The molecule has 16 heavy (non-hydrogen) atoms. The molecule has 0 spiro atoms. The van der Waals surface area contributed by atoms with Gasteiger partial charge in [0, 0.05) is 31.2 Å². The summed E-state index contributed by atoms with van der Waals surface area (Å²) in [6.45, 7) is 2.64. The van der Waals surface area contributed by atoms with Gasteiger partial charge in [-0.25, -0.2) is 0 Å². The summed E-state index contributed by atoms with van der Waals surface area (Å²) in [5, 5.41) is 0. The van der Waals surface area contributed by atoms with E-state index in [1.165, 1.54) is 5.56 Å². The van der Waals surface area contributed by atoms with Gasteiger partial charge in [0.15, 0.2) is 0 Å². The summed E-state index contributed by atoms with van der Waals surface area (Å²) in [4.78, 5) is 15.6. The van der Waals surface area contributed by atoms with E-state index >= 15 is 0 Å². The smallest absolute Gasteiger partial charge is 0.250 e. The fourth-order valence-corrected chi connectivity index (χ4v) is 1.59. The van der Waals surface area contributed by atoms with Crippen LogP contribution in [0.25, 0.3) is 0 Å². The van der Waals surface area contributed by atoms with Gasteiger partial charge in [-0.05, 0) is 42.7 Å². The minimum Gasteiger partial charge on any atom is -0.315 e. The van der Waals surface area contributed by atoms with Crippen molar-refractivity contribution in [2.24, 2.45) is 0 Å². The number of aryl methyl sites for hydroxylation is 3. The van der Waals surface area contributed by atoms with Crippen LogP contribution < -0.4 is 5.56 Å². The lowest BCUT2D eigenvalue weighted by molar-refractivity contribution is 0.668. The molecule has 2 aromatic heterocycles. The molecule has 0 atom stereocenters. The van der Waals surface area contributed by atoms with Crippen LogP contribution in [0.1, 0.15) is 11.1 Å². The van der Waals surface area contributed by atoms with Crippen LogP contribution in [0.2, 0.25) is 0 Å². The van der Waals surface area contributed by atoms with Gasteiger partial charge in [0.2, 0.25) is 0 Å². The molecule has 0 aliphatic carbocycles. The van der Waals surface area contributed by atoms with E-state index in [-0.39, 0.29) is 5.56 Å². The molecule has 0 saturated carbocycles. The van der Waals surface area contributed by atoms with E-state index in [2.05, 4.69) is 4.98 Å². The van der Waals surface area contributed by atoms with Gasteiger partial charge in [-0.15, -0.1) is 0 Å². The first-order valence-corrected chi connectivity index (χ1v) is 5.32. The van der Waals surface area contributed by atoms with Gasteiger partial charge < -0.3 is 4.57 Å². The number of nitrogens with zero attached hydrogens (tertiary/aromatic N) is 2. The van der Waals surface area contributed by atoms with Crippen molar-refractivity contribution < 1.29 is 0 Å². The zero-order chi connectivity index (χ0) is 11.4. The first-order valence-electron chi connectivity index (χ1n) is 5.32. The van der Waals surface area contributed by atoms with Crippen LogP contribution in [0.3, 0.4) is 0 Å². The van der Waals surface area contributed by atoms with Crippen LogP contribution in [0.15, 0.2) is 47.7 Å². The number of rotatable bonds is 3. The zero-order valence-corrected chi connectivity index (χ0v) is 9.26. The molecular formula is C13H14N2O. The molecule has 0 fully saturated rings. The Balaban J connectivity index is 2.08. The third kappa shape index (κ3) is 2.57. The molecule has 3 nitrogen and oxygen atoms in total. The molecule has 0 aliphatic heterocycles. The van der Waals surface area contributed by atoms with Crippen molar-refractivity contribution in [2.75, 3.05) is 0 Å². The lowest BCUT2D eigenvalue weighted by atomic mass is 10.2. The third-order valence-electron chi connectivity index (χ3n) is 2.54. The Morgan fingerprint density at radius 2 is 2.00 bits per heavy atom. The minimum absolute atomic E-state index is 0.0639. The summed E-state index contributed by atoms with van der Waals surface area (Å²) in [6.07, 6.45) is 6.24. The lowest BCUT2D eigenvalue weighted by Crippen LogP contribution is -2.19. The Hall–Kier alpha value is -1.90.